The number of aromatic nitrogens is 5. The third-order valence-corrected chi connectivity index (χ3v) is 11.8. The first-order valence-corrected chi connectivity index (χ1v) is 19.7. The van der Waals surface area contributed by atoms with Crippen LogP contribution in [0.1, 0.15) is 5.56 Å². The number of aryl methyl sites for hydroxylation is 1. The molecule has 58 heavy (non-hydrogen) atoms. The third-order valence-electron chi connectivity index (χ3n) is 11.8. The number of hydrogen-bond donors (Lipinski definition) is 0. The molecule has 0 amide bonds. The van der Waals surface area contributed by atoms with Crippen molar-refractivity contribution in [3.05, 3.63) is 200 Å². The van der Waals surface area contributed by atoms with Crippen LogP contribution in [0, 0.1) is 6.92 Å². The average Bonchev–Trinajstić information content (AvgIpc) is 3.92. The maximum atomic E-state index is 5.04. The van der Waals surface area contributed by atoms with Crippen molar-refractivity contribution in [2.75, 3.05) is 0 Å². The molecular weight excluding hydrogens is 707 g/mol. The lowest BCUT2D eigenvalue weighted by Gasteiger charge is -2.12. The lowest BCUT2D eigenvalue weighted by molar-refractivity contribution is 1.14. The average molecular weight is 742 g/mol. The molecule has 0 spiro atoms. The first-order valence-electron chi connectivity index (χ1n) is 19.7. The summed E-state index contributed by atoms with van der Waals surface area (Å²) in [4.78, 5) is 9.70. The number of nitrogens with zero attached hydrogens (tertiary/aromatic N) is 5. The van der Waals surface area contributed by atoms with E-state index in [1.165, 1.54) is 54.4 Å². The molecule has 0 aliphatic rings. The molecule has 4 heterocycles. The van der Waals surface area contributed by atoms with Crippen LogP contribution in [-0.2, 0) is 0 Å². The molecule has 8 aromatic carbocycles. The molecule has 12 rings (SSSR count). The second-order valence-electron chi connectivity index (χ2n) is 15.1. The summed E-state index contributed by atoms with van der Waals surface area (Å²) >= 11 is 0. The Kier molecular flexibility index (Phi) is 7.07. The molecule has 12 aromatic rings. The Bertz CT molecular complexity index is 3290. The fourth-order valence-corrected chi connectivity index (χ4v) is 9.19. The smallest absolute Gasteiger partial charge is 0.159 e. The maximum Gasteiger partial charge on any atom is 0.159 e. The molecule has 272 valence electrons. The Hall–Kier alpha value is -7.76. The molecule has 0 saturated carbocycles. The molecule has 0 unspecified atom stereocenters. The van der Waals surface area contributed by atoms with Crippen molar-refractivity contribution >= 4 is 65.4 Å². The van der Waals surface area contributed by atoms with Crippen LogP contribution in [0.3, 0.4) is 0 Å². The van der Waals surface area contributed by atoms with Crippen molar-refractivity contribution in [2.24, 2.45) is 0 Å². The quantitative estimate of drug-likeness (QED) is 0.176. The van der Waals surface area contributed by atoms with Gasteiger partial charge in [0.2, 0.25) is 0 Å². The second-order valence-corrected chi connectivity index (χ2v) is 15.1. The molecule has 5 nitrogen and oxygen atoms in total. The highest BCUT2D eigenvalue weighted by molar-refractivity contribution is 6.14. The predicted molar refractivity (Wildman–Crippen MR) is 241 cm³/mol. The Labute approximate surface area is 334 Å². The van der Waals surface area contributed by atoms with E-state index >= 15 is 0 Å². The fraction of sp³-hybridized carbons (Fsp3) is 0.0189. The number of rotatable bonds is 5. The highest BCUT2D eigenvalue weighted by Gasteiger charge is 2.19. The van der Waals surface area contributed by atoms with Gasteiger partial charge in [-0.05, 0) is 85.3 Å². The van der Waals surface area contributed by atoms with Gasteiger partial charge < -0.3 is 13.7 Å². The number of fused-ring (bicyclic) bond motifs is 9. The van der Waals surface area contributed by atoms with E-state index in [0.29, 0.717) is 0 Å². The van der Waals surface area contributed by atoms with E-state index in [9.17, 15) is 0 Å². The minimum absolute atomic E-state index is 0.728. The standard InChI is InChI=1S/C53H35N5/c1-34-33-54-53(36-13-3-2-4-14-36)55-52(34)35-23-25-37(26-24-35)56-50-29-27-38(57-46-19-9-5-15-40(46)41-16-6-10-20-47(41)57)31-44(50)45-32-39(28-30-51(45)56)58-48-21-11-7-17-42(48)43-18-8-12-22-49(43)58/h2-33H,1H3. The summed E-state index contributed by atoms with van der Waals surface area (Å²) in [6, 6.07) is 67.8. The summed E-state index contributed by atoms with van der Waals surface area (Å²) in [6.45, 7) is 2.08. The molecule has 4 aromatic heterocycles. The summed E-state index contributed by atoms with van der Waals surface area (Å²) in [7, 11) is 0. The molecule has 5 heteroatoms. The zero-order valence-corrected chi connectivity index (χ0v) is 31.7. The highest BCUT2D eigenvalue weighted by Crippen LogP contribution is 2.40. The van der Waals surface area contributed by atoms with Crippen LogP contribution in [0.5, 0.6) is 0 Å². The molecule has 0 N–H and O–H groups in total. The van der Waals surface area contributed by atoms with E-state index in [2.05, 4.69) is 195 Å². The van der Waals surface area contributed by atoms with Crippen LogP contribution in [0.4, 0.5) is 0 Å². The van der Waals surface area contributed by atoms with Gasteiger partial charge in [-0.2, -0.15) is 0 Å². The largest absolute Gasteiger partial charge is 0.309 e. The van der Waals surface area contributed by atoms with E-state index in [-0.39, 0.29) is 0 Å². The van der Waals surface area contributed by atoms with Crippen molar-refractivity contribution in [1.82, 2.24) is 23.7 Å². The Morgan fingerprint density at radius 3 is 1.22 bits per heavy atom. The summed E-state index contributed by atoms with van der Waals surface area (Å²) in [5, 5.41) is 7.40. The summed E-state index contributed by atoms with van der Waals surface area (Å²) in [5.74, 6) is 0.728. The Balaban J connectivity index is 1.08. The highest BCUT2D eigenvalue weighted by atomic mass is 15.0. The third kappa shape index (κ3) is 4.83. The summed E-state index contributed by atoms with van der Waals surface area (Å²) < 4.78 is 7.22. The van der Waals surface area contributed by atoms with Gasteiger partial charge in [-0.25, -0.2) is 9.97 Å². The SMILES string of the molecule is Cc1cnc(-c2ccccc2)nc1-c1ccc(-n2c3ccc(-n4c5ccccc5c5ccccc54)cc3c3cc(-n4c5ccccc5c5ccccc54)ccc32)cc1. The van der Waals surface area contributed by atoms with Gasteiger partial charge in [-0.15, -0.1) is 0 Å². The molecule has 0 atom stereocenters. The van der Waals surface area contributed by atoms with Crippen molar-refractivity contribution in [3.63, 3.8) is 0 Å². The molecular formula is C53H35N5. The minimum atomic E-state index is 0.728. The van der Waals surface area contributed by atoms with E-state index in [4.69, 9.17) is 4.98 Å². The molecule has 0 saturated heterocycles. The first-order chi connectivity index (χ1) is 28.7. The van der Waals surface area contributed by atoms with Gasteiger partial charge in [0.25, 0.3) is 0 Å². The molecule has 0 fully saturated rings. The number of para-hydroxylation sites is 4. The number of benzene rings is 8. The van der Waals surface area contributed by atoms with Gasteiger partial charge in [-0.1, -0.05) is 115 Å². The second kappa shape index (κ2) is 12.6. The van der Waals surface area contributed by atoms with Gasteiger partial charge in [-0.3, -0.25) is 0 Å². The Morgan fingerprint density at radius 1 is 0.345 bits per heavy atom. The van der Waals surface area contributed by atoms with Crippen molar-refractivity contribution < 1.29 is 0 Å². The molecule has 0 bridgehead atoms. The summed E-state index contributed by atoms with van der Waals surface area (Å²) in [5.41, 5.74) is 14.5. The van der Waals surface area contributed by atoms with E-state index in [1.807, 2.05) is 24.4 Å². The van der Waals surface area contributed by atoms with E-state index < -0.39 is 0 Å². The van der Waals surface area contributed by atoms with Gasteiger partial charge in [0, 0.05) is 66.7 Å². The lowest BCUT2D eigenvalue weighted by Crippen LogP contribution is -1.98. The minimum Gasteiger partial charge on any atom is -0.309 e. The number of hydrogen-bond acceptors (Lipinski definition) is 2. The van der Waals surface area contributed by atoms with Crippen LogP contribution >= 0.6 is 0 Å². The van der Waals surface area contributed by atoms with Crippen LogP contribution in [0.25, 0.3) is 105 Å². The molecule has 0 aliphatic heterocycles. The normalized spacial score (nSPS) is 11.9. The van der Waals surface area contributed by atoms with Crippen LogP contribution < -0.4 is 0 Å². The maximum absolute atomic E-state index is 5.04. The topological polar surface area (TPSA) is 40.6 Å². The van der Waals surface area contributed by atoms with Crippen molar-refractivity contribution in [2.45, 2.75) is 6.92 Å². The van der Waals surface area contributed by atoms with Gasteiger partial charge in [0.15, 0.2) is 5.82 Å². The van der Waals surface area contributed by atoms with Crippen molar-refractivity contribution in [1.29, 1.82) is 0 Å². The molecule has 0 aliphatic carbocycles. The van der Waals surface area contributed by atoms with Crippen molar-refractivity contribution in [3.8, 4) is 39.7 Å². The van der Waals surface area contributed by atoms with Crippen LogP contribution in [-0.4, -0.2) is 23.7 Å². The zero-order chi connectivity index (χ0) is 38.3. The first kappa shape index (κ1) is 32.5. The van der Waals surface area contributed by atoms with Crippen LogP contribution in [0.2, 0.25) is 0 Å². The van der Waals surface area contributed by atoms with E-state index in [0.717, 1.165) is 56.3 Å². The molecule has 0 radical (unpaired) electrons. The predicted octanol–water partition coefficient (Wildman–Crippen LogP) is 13.4. The monoisotopic (exact) mass is 741 g/mol. The van der Waals surface area contributed by atoms with Crippen LogP contribution in [0.15, 0.2) is 194 Å². The van der Waals surface area contributed by atoms with Gasteiger partial charge in [0.1, 0.15) is 0 Å². The van der Waals surface area contributed by atoms with Gasteiger partial charge >= 0.3 is 0 Å². The summed E-state index contributed by atoms with van der Waals surface area (Å²) in [6.07, 6.45) is 1.93. The fourth-order valence-electron chi connectivity index (χ4n) is 9.19. The van der Waals surface area contributed by atoms with E-state index in [1.54, 1.807) is 0 Å². The lowest BCUT2D eigenvalue weighted by atomic mass is 10.1. The van der Waals surface area contributed by atoms with Gasteiger partial charge in [0.05, 0.1) is 38.8 Å². The Morgan fingerprint density at radius 2 is 0.741 bits per heavy atom. The zero-order valence-electron chi connectivity index (χ0n) is 31.7.